The summed E-state index contributed by atoms with van der Waals surface area (Å²) in [6.07, 6.45) is -5.08. The number of alkyl halides is 3. The van der Waals surface area contributed by atoms with Crippen LogP contribution in [0.2, 0.25) is 0 Å². The molecule has 0 saturated heterocycles. The van der Waals surface area contributed by atoms with Crippen molar-refractivity contribution in [2.45, 2.75) is 33.0 Å². The number of halogens is 3. The number of nitrogens with one attached hydrogen (secondary N) is 1. The van der Waals surface area contributed by atoms with Gasteiger partial charge in [-0.2, -0.15) is 13.2 Å². The first-order valence-corrected chi connectivity index (χ1v) is 7.74. The van der Waals surface area contributed by atoms with Crippen LogP contribution in [0, 0.1) is 12.8 Å². The Bertz CT molecular complexity index is 890. The fourth-order valence-corrected chi connectivity index (χ4v) is 1.93. The Morgan fingerprint density at radius 2 is 1.78 bits per heavy atom. The van der Waals surface area contributed by atoms with E-state index < -0.39 is 18.2 Å². The van der Waals surface area contributed by atoms with Crippen LogP contribution in [0.25, 0.3) is 11.0 Å². The summed E-state index contributed by atoms with van der Waals surface area (Å²) in [4.78, 5) is 32.1. The molecule has 0 radical (unpaired) electrons. The van der Waals surface area contributed by atoms with Crippen molar-refractivity contribution >= 4 is 28.5 Å². The van der Waals surface area contributed by atoms with Gasteiger partial charge in [-0.1, -0.05) is 13.8 Å². The number of carbonyl (C=O) groups is 2. The van der Waals surface area contributed by atoms with E-state index in [0.717, 1.165) is 10.9 Å². The Morgan fingerprint density at radius 3 is 2.26 bits per heavy atom. The van der Waals surface area contributed by atoms with Crippen LogP contribution in [0.1, 0.15) is 19.4 Å². The predicted octanol–water partition coefficient (Wildman–Crippen LogP) is 2.66. The van der Waals surface area contributed by atoms with E-state index in [1.807, 2.05) is 20.8 Å². The van der Waals surface area contributed by atoms with Crippen molar-refractivity contribution < 1.29 is 32.3 Å². The van der Waals surface area contributed by atoms with Crippen molar-refractivity contribution in [3.8, 4) is 0 Å². The van der Waals surface area contributed by atoms with Gasteiger partial charge in [0.2, 0.25) is 5.91 Å². The Morgan fingerprint density at radius 1 is 1.22 bits per heavy atom. The van der Waals surface area contributed by atoms with Gasteiger partial charge >= 0.3 is 17.8 Å². The van der Waals surface area contributed by atoms with Crippen LogP contribution < -0.4 is 16.7 Å². The van der Waals surface area contributed by atoms with Gasteiger partial charge in [-0.25, -0.2) is 9.59 Å². The van der Waals surface area contributed by atoms with Gasteiger partial charge in [0.1, 0.15) is 5.58 Å². The molecule has 10 heteroatoms. The number of aryl methyl sites for hydroxylation is 1. The molecule has 0 fully saturated rings. The molecule has 148 valence electrons. The van der Waals surface area contributed by atoms with Crippen LogP contribution in [-0.4, -0.2) is 29.2 Å². The van der Waals surface area contributed by atoms with E-state index in [4.69, 9.17) is 20.1 Å². The van der Waals surface area contributed by atoms with E-state index in [9.17, 15) is 22.8 Å². The maximum absolute atomic E-state index is 11.9. The molecule has 1 amide bonds. The molecule has 0 saturated carbocycles. The van der Waals surface area contributed by atoms with E-state index in [0.29, 0.717) is 11.3 Å². The maximum Gasteiger partial charge on any atom is 0.490 e. The van der Waals surface area contributed by atoms with Crippen LogP contribution in [-0.2, 0) is 9.59 Å². The van der Waals surface area contributed by atoms with Gasteiger partial charge in [0.25, 0.3) is 0 Å². The maximum atomic E-state index is 11.9. The Balaban J connectivity index is 0.000000445. The van der Waals surface area contributed by atoms with Crippen molar-refractivity contribution in [1.82, 2.24) is 0 Å². The molecule has 1 aromatic carbocycles. The van der Waals surface area contributed by atoms with Crippen LogP contribution >= 0.6 is 0 Å². The minimum atomic E-state index is -5.08. The van der Waals surface area contributed by atoms with E-state index in [1.165, 1.54) is 6.07 Å². The smallest absolute Gasteiger partial charge is 0.475 e. The molecular formula is C17H19F3N2O5. The lowest BCUT2D eigenvalue weighted by Crippen LogP contribution is -2.39. The van der Waals surface area contributed by atoms with Crippen LogP contribution in [0.5, 0.6) is 0 Å². The molecular weight excluding hydrogens is 369 g/mol. The Labute approximate surface area is 152 Å². The van der Waals surface area contributed by atoms with E-state index in [-0.39, 0.29) is 17.5 Å². The number of carboxylic acids is 1. The summed E-state index contributed by atoms with van der Waals surface area (Å²) in [5.41, 5.74) is 7.36. The van der Waals surface area contributed by atoms with Gasteiger partial charge in [-0.3, -0.25) is 4.79 Å². The third kappa shape index (κ3) is 6.41. The number of aliphatic carboxylic acids is 1. The lowest BCUT2D eigenvalue weighted by atomic mass is 10.0. The highest BCUT2D eigenvalue weighted by molar-refractivity contribution is 5.97. The van der Waals surface area contributed by atoms with Crippen LogP contribution in [0.15, 0.2) is 33.5 Å². The summed E-state index contributed by atoms with van der Waals surface area (Å²) in [5.74, 6) is -2.92. The van der Waals surface area contributed by atoms with Crippen molar-refractivity contribution in [3.63, 3.8) is 0 Å². The molecule has 1 aromatic heterocycles. The Hall–Kier alpha value is -2.88. The molecule has 0 spiro atoms. The monoisotopic (exact) mass is 388 g/mol. The van der Waals surface area contributed by atoms with Gasteiger partial charge in [-0.05, 0) is 36.6 Å². The lowest BCUT2D eigenvalue weighted by Gasteiger charge is -2.15. The molecule has 7 nitrogen and oxygen atoms in total. The number of fused-ring (bicyclic) bond motifs is 1. The summed E-state index contributed by atoms with van der Waals surface area (Å²) < 4.78 is 36.8. The number of hydrogen-bond donors (Lipinski definition) is 3. The SMILES string of the molecule is Cc1cc(=O)oc2ccc(NC(=O)[C@H](N)C(C)C)cc12.O=C(O)C(F)(F)F. The first kappa shape index (κ1) is 22.2. The summed E-state index contributed by atoms with van der Waals surface area (Å²) in [7, 11) is 0. The van der Waals surface area contributed by atoms with Gasteiger partial charge in [0.15, 0.2) is 0 Å². The van der Waals surface area contributed by atoms with Crippen molar-refractivity contribution in [2.24, 2.45) is 11.7 Å². The average Bonchev–Trinajstić information content (AvgIpc) is 2.54. The minimum absolute atomic E-state index is 0.0650. The highest BCUT2D eigenvalue weighted by Gasteiger charge is 2.38. The molecule has 0 aliphatic carbocycles. The molecule has 0 unspecified atom stereocenters. The third-order valence-electron chi connectivity index (χ3n) is 3.48. The highest BCUT2D eigenvalue weighted by Crippen LogP contribution is 2.21. The van der Waals surface area contributed by atoms with E-state index >= 15 is 0 Å². The molecule has 0 aliphatic rings. The van der Waals surface area contributed by atoms with Gasteiger partial charge in [-0.15, -0.1) is 0 Å². The Kier molecular flexibility index (Phi) is 7.12. The zero-order valence-electron chi connectivity index (χ0n) is 14.8. The highest BCUT2D eigenvalue weighted by atomic mass is 19.4. The van der Waals surface area contributed by atoms with Gasteiger partial charge in [0.05, 0.1) is 6.04 Å². The fraction of sp³-hybridized carbons (Fsp3) is 0.353. The molecule has 2 aromatic rings. The lowest BCUT2D eigenvalue weighted by molar-refractivity contribution is -0.192. The molecule has 0 bridgehead atoms. The zero-order chi connectivity index (χ0) is 20.9. The zero-order valence-corrected chi connectivity index (χ0v) is 14.8. The number of hydrogen-bond acceptors (Lipinski definition) is 5. The number of anilines is 1. The second kappa shape index (κ2) is 8.67. The molecule has 1 heterocycles. The summed E-state index contributed by atoms with van der Waals surface area (Å²) in [5, 5.41) is 10.7. The first-order chi connectivity index (χ1) is 12.3. The minimum Gasteiger partial charge on any atom is -0.475 e. The quantitative estimate of drug-likeness (QED) is 0.695. The van der Waals surface area contributed by atoms with E-state index in [2.05, 4.69) is 5.32 Å². The summed E-state index contributed by atoms with van der Waals surface area (Å²) in [6, 6.07) is 6.00. The van der Waals surface area contributed by atoms with Crippen LogP contribution in [0.4, 0.5) is 18.9 Å². The van der Waals surface area contributed by atoms with Crippen molar-refractivity contribution in [3.05, 3.63) is 40.2 Å². The van der Waals surface area contributed by atoms with Crippen LogP contribution in [0.3, 0.4) is 0 Å². The average molecular weight is 388 g/mol. The summed E-state index contributed by atoms with van der Waals surface area (Å²) >= 11 is 0. The molecule has 27 heavy (non-hydrogen) atoms. The summed E-state index contributed by atoms with van der Waals surface area (Å²) in [6.45, 7) is 5.61. The fourth-order valence-electron chi connectivity index (χ4n) is 1.93. The third-order valence-corrected chi connectivity index (χ3v) is 3.48. The second-order valence-corrected chi connectivity index (χ2v) is 6.02. The first-order valence-electron chi connectivity index (χ1n) is 7.74. The molecule has 0 aliphatic heterocycles. The topological polar surface area (TPSA) is 123 Å². The largest absolute Gasteiger partial charge is 0.490 e. The molecule has 1 atom stereocenters. The standard InChI is InChI=1S/C15H18N2O3.C2HF3O2/c1-8(2)14(16)15(19)17-10-4-5-12-11(7-10)9(3)6-13(18)20-12;3-2(4,5)1(6)7/h4-8,14H,16H2,1-3H3,(H,17,19);(H,6,7)/t14-;/m1./s1. The normalized spacial score (nSPS) is 12.3. The second-order valence-electron chi connectivity index (χ2n) is 6.02. The number of carbonyl (C=O) groups excluding carboxylic acids is 1. The number of carboxylic acid groups (broad SMARTS) is 1. The molecule has 4 N–H and O–H groups in total. The van der Waals surface area contributed by atoms with E-state index in [1.54, 1.807) is 18.2 Å². The predicted molar refractivity (Wildman–Crippen MR) is 92.4 cm³/mol. The number of amides is 1. The van der Waals surface area contributed by atoms with Gasteiger partial charge in [0, 0.05) is 17.1 Å². The van der Waals surface area contributed by atoms with Crippen molar-refractivity contribution in [1.29, 1.82) is 0 Å². The number of benzene rings is 1. The number of rotatable bonds is 3. The van der Waals surface area contributed by atoms with Gasteiger partial charge < -0.3 is 20.6 Å². The molecule has 2 rings (SSSR count). The number of nitrogens with two attached hydrogens (primary N) is 1. The van der Waals surface area contributed by atoms with Crippen molar-refractivity contribution in [2.75, 3.05) is 5.32 Å².